The Labute approximate surface area is 156 Å². The van der Waals surface area contributed by atoms with Crippen LogP contribution in [-0.2, 0) is 12.7 Å². The first-order valence-electron chi connectivity index (χ1n) is 8.44. The third kappa shape index (κ3) is 5.15. The van der Waals surface area contributed by atoms with Crippen LogP contribution in [0.5, 0.6) is 5.75 Å². The van der Waals surface area contributed by atoms with Gasteiger partial charge in [0.1, 0.15) is 5.75 Å². The second kappa shape index (κ2) is 8.33. The summed E-state index contributed by atoms with van der Waals surface area (Å²) in [6.07, 6.45) is -4.46. The summed E-state index contributed by atoms with van der Waals surface area (Å²) < 4.78 is 44.7. The molecule has 1 N–H and O–H groups in total. The second-order valence-electron chi connectivity index (χ2n) is 6.43. The fourth-order valence-corrected chi connectivity index (χ4v) is 2.83. The lowest BCUT2D eigenvalue weighted by molar-refractivity contribution is -0.138. The van der Waals surface area contributed by atoms with Crippen LogP contribution in [0, 0.1) is 6.92 Å². The minimum Gasteiger partial charge on any atom is -0.496 e. The molecule has 0 aliphatic heterocycles. The lowest BCUT2D eigenvalue weighted by atomic mass is 10.0. The number of nitrogens with one attached hydrogen (secondary N) is 1. The molecule has 0 radical (unpaired) electrons. The predicted octanol–water partition coefficient (Wildman–Crippen LogP) is 4.93. The summed E-state index contributed by atoms with van der Waals surface area (Å²) in [6, 6.07) is 10.0. The highest BCUT2D eigenvalue weighted by Gasteiger charge is 2.33. The minimum absolute atomic E-state index is 0.0449. The standard InChI is InChI=1S/C20H23F3N2O2/c1-13-9-10-18(27-4)16(11-13)14(2)24-19(26)25(3)12-15-7-5-6-8-17(15)20(21,22)23/h5-11,14H,12H2,1-4H3,(H,24,26)/t14-/m1/s1. The molecule has 0 saturated carbocycles. The summed E-state index contributed by atoms with van der Waals surface area (Å²) in [5.74, 6) is 0.637. The van der Waals surface area contributed by atoms with Crippen molar-refractivity contribution in [1.29, 1.82) is 0 Å². The van der Waals surface area contributed by atoms with Gasteiger partial charge in [0.2, 0.25) is 0 Å². The van der Waals surface area contributed by atoms with Gasteiger partial charge in [0, 0.05) is 19.2 Å². The van der Waals surface area contributed by atoms with Gasteiger partial charge in [-0.25, -0.2) is 4.79 Å². The topological polar surface area (TPSA) is 41.6 Å². The van der Waals surface area contributed by atoms with E-state index in [-0.39, 0.29) is 18.2 Å². The number of amides is 2. The molecule has 2 aromatic rings. The van der Waals surface area contributed by atoms with Gasteiger partial charge in [-0.2, -0.15) is 13.2 Å². The van der Waals surface area contributed by atoms with Crippen molar-refractivity contribution in [3.05, 3.63) is 64.7 Å². The van der Waals surface area contributed by atoms with Gasteiger partial charge in [0.05, 0.1) is 18.7 Å². The molecular weight excluding hydrogens is 357 g/mol. The molecule has 27 heavy (non-hydrogen) atoms. The van der Waals surface area contributed by atoms with Crippen molar-refractivity contribution in [2.75, 3.05) is 14.2 Å². The molecule has 146 valence electrons. The van der Waals surface area contributed by atoms with Crippen LogP contribution in [0.4, 0.5) is 18.0 Å². The first-order valence-corrected chi connectivity index (χ1v) is 8.44. The molecular formula is C20H23F3N2O2. The summed E-state index contributed by atoms with van der Waals surface area (Å²) in [4.78, 5) is 13.7. The number of carbonyl (C=O) groups excluding carboxylic acids is 1. The Hall–Kier alpha value is -2.70. The number of methoxy groups -OCH3 is 1. The molecule has 0 saturated heterocycles. The van der Waals surface area contributed by atoms with Crippen LogP contribution >= 0.6 is 0 Å². The highest BCUT2D eigenvalue weighted by atomic mass is 19.4. The van der Waals surface area contributed by atoms with Gasteiger partial charge in [0.25, 0.3) is 0 Å². The highest BCUT2D eigenvalue weighted by molar-refractivity contribution is 5.74. The van der Waals surface area contributed by atoms with E-state index in [1.165, 1.54) is 30.1 Å². The summed E-state index contributed by atoms with van der Waals surface area (Å²) in [6.45, 7) is 3.57. The van der Waals surface area contributed by atoms with Crippen LogP contribution < -0.4 is 10.1 Å². The number of hydrogen-bond donors (Lipinski definition) is 1. The van der Waals surface area contributed by atoms with E-state index in [4.69, 9.17) is 4.74 Å². The second-order valence-corrected chi connectivity index (χ2v) is 6.43. The summed E-state index contributed by atoms with van der Waals surface area (Å²) >= 11 is 0. The minimum atomic E-state index is -4.46. The Bertz CT molecular complexity index is 806. The lowest BCUT2D eigenvalue weighted by Crippen LogP contribution is -2.38. The van der Waals surface area contributed by atoms with Crippen molar-refractivity contribution in [3.63, 3.8) is 0 Å². The maximum Gasteiger partial charge on any atom is 0.416 e. The van der Waals surface area contributed by atoms with E-state index in [9.17, 15) is 18.0 Å². The molecule has 0 aromatic heterocycles. The van der Waals surface area contributed by atoms with Crippen molar-refractivity contribution < 1.29 is 22.7 Å². The van der Waals surface area contributed by atoms with Gasteiger partial charge in [-0.05, 0) is 31.5 Å². The van der Waals surface area contributed by atoms with Gasteiger partial charge < -0.3 is 15.0 Å². The molecule has 7 heteroatoms. The first kappa shape index (κ1) is 20.6. The van der Waals surface area contributed by atoms with E-state index in [2.05, 4.69) is 5.32 Å². The van der Waals surface area contributed by atoms with Crippen LogP contribution in [0.15, 0.2) is 42.5 Å². The van der Waals surface area contributed by atoms with Crippen LogP contribution in [0.3, 0.4) is 0 Å². The number of hydrogen-bond acceptors (Lipinski definition) is 2. The van der Waals surface area contributed by atoms with Gasteiger partial charge in [-0.3, -0.25) is 0 Å². The molecule has 0 unspecified atom stereocenters. The summed E-state index contributed by atoms with van der Waals surface area (Å²) in [5, 5.41) is 2.80. The van der Waals surface area contributed by atoms with Gasteiger partial charge in [-0.15, -0.1) is 0 Å². The largest absolute Gasteiger partial charge is 0.496 e. The third-order valence-corrected chi connectivity index (χ3v) is 4.27. The number of rotatable bonds is 5. The van der Waals surface area contributed by atoms with Gasteiger partial charge in [-0.1, -0.05) is 35.9 Å². The number of halogens is 3. The fraction of sp³-hybridized carbons (Fsp3) is 0.350. The van der Waals surface area contributed by atoms with E-state index in [0.29, 0.717) is 5.75 Å². The number of alkyl halides is 3. The molecule has 0 spiro atoms. The average Bonchev–Trinajstić information content (AvgIpc) is 2.61. The number of ether oxygens (including phenoxy) is 1. The van der Waals surface area contributed by atoms with E-state index < -0.39 is 17.8 Å². The van der Waals surface area contributed by atoms with Crippen molar-refractivity contribution in [1.82, 2.24) is 10.2 Å². The molecule has 0 bridgehead atoms. The monoisotopic (exact) mass is 380 g/mol. The zero-order chi connectivity index (χ0) is 20.2. The number of carbonyl (C=O) groups is 1. The van der Waals surface area contributed by atoms with Crippen molar-refractivity contribution >= 4 is 6.03 Å². The number of aryl methyl sites for hydroxylation is 1. The molecule has 2 amide bonds. The molecule has 1 atom stereocenters. The molecule has 2 aromatic carbocycles. The summed E-state index contributed by atoms with van der Waals surface area (Å²) in [7, 11) is 3.01. The van der Waals surface area contributed by atoms with E-state index >= 15 is 0 Å². The molecule has 0 fully saturated rings. The Kier molecular flexibility index (Phi) is 6.36. The maximum absolute atomic E-state index is 13.1. The molecule has 2 rings (SSSR count). The predicted molar refractivity (Wildman–Crippen MR) is 97.6 cm³/mol. The Morgan fingerprint density at radius 2 is 1.89 bits per heavy atom. The lowest BCUT2D eigenvalue weighted by Gasteiger charge is -2.24. The first-order chi connectivity index (χ1) is 12.6. The molecule has 0 aliphatic rings. The Balaban J connectivity index is 2.12. The number of benzene rings is 2. The smallest absolute Gasteiger partial charge is 0.416 e. The quantitative estimate of drug-likeness (QED) is 0.800. The molecule has 0 aliphatic carbocycles. The summed E-state index contributed by atoms with van der Waals surface area (Å²) in [5.41, 5.74) is 1.12. The maximum atomic E-state index is 13.1. The SMILES string of the molecule is COc1ccc(C)cc1[C@@H](C)NC(=O)N(C)Cc1ccccc1C(F)(F)F. The van der Waals surface area contributed by atoms with E-state index in [1.807, 2.05) is 25.1 Å². The van der Waals surface area contributed by atoms with Crippen molar-refractivity contribution in [3.8, 4) is 5.75 Å². The van der Waals surface area contributed by atoms with Crippen LogP contribution in [0.25, 0.3) is 0 Å². The number of nitrogens with zero attached hydrogens (tertiary/aromatic N) is 1. The van der Waals surface area contributed by atoms with Gasteiger partial charge >= 0.3 is 12.2 Å². The van der Waals surface area contributed by atoms with Gasteiger partial charge in [0.15, 0.2) is 0 Å². The average molecular weight is 380 g/mol. The van der Waals surface area contributed by atoms with E-state index in [1.54, 1.807) is 14.0 Å². The zero-order valence-corrected chi connectivity index (χ0v) is 15.7. The Morgan fingerprint density at radius 3 is 2.52 bits per heavy atom. The highest BCUT2D eigenvalue weighted by Crippen LogP contribution is 2.32. The van der Waals surface area contributed by atoms with Crippen LogP contribution in [-0.4, -0.2) is 25.1 Å². The molecule has 4 nitrogen and oxygen atoms in total. The van der Waals surface area contributed by atoms with Crippen LogP contribution in [0.2, 0.25) is 0 Å². The number of urea groups is 1. The Morgan fingerprint density at radius 1 is 1.22 bits per heavy atom. The third-order valence-electron chi connectivity index (χ3n) is 4.27. The van der Waals surface area contributed by atoms with Crippen molar-refractivity contribution in [2.24, 2.45) is 0 Å². The molecule has 0 heterocycles. The van der Waals surface area contributed by atoms with Crippen molar-refractivity contribution in [2.45, 2.75) is 32.6 Å². The van der Waals surface area contributed by atoms with Crippen LogP contribution in [0.1, 0.15) is 35.2 Å². The fourth-order valence-electron chi connectivity index (χ4n) is 2.83. The zero-order valence-electron chi connectivity index (χ0n) is 15.7. The van der Waals surface area contributed by atoms with E-state index in [0.717, 1.165) is 17.2 Å². The normalized spacial score (nSPS) is 12.4.